The lowest BCUT2D eigenvalue weighted by molar-refractivity contribution is 0.156. The maximum Gasteiger partial charge on any atom is 0.0552 e. The average Bonchev–Trinajstić information content (AvgIpc) is 1.68. The zero-order valence-corrected chi connectivity index (χ0v) is 5.43. The standard InChI is InChI=1S/C6H15NO/c1-2-3-6(8)4-5-7/h6,8H,2-5,7H2,1H3/t6-/m1/s1. The maximum atomic E-state index is 8.97. The van der Waals surface area contributed by atoms with Gasteiger partial charge < -0.3 is 10.8 Å². The van der Waals surface area contributed by atoms with Gasteiger partial charge in [-0.3, -0.25) is 0 Å². The fraction of sp³-hybridized carbons (Fsp3) is 1.00. The summed E-state index contributed by atoms with van der Waals surface area (Å²) in [5, 5.41) is 8.97. The normalized spacial score (nSPS) is 13.9. The molecule has 2 heteroatoms. The molecule has 0 rings (SSSR count). The molecule has 0 aliphatic heterocycles. The second-order valence-corrected chi connectivity index (χ2v) is 2.02. The van der Waals surface area contributed by atoms with Crippen LogP contribution in [0.3, 0.4) is 0 Å². The Hall–Kier alpha value is -0.0800. The van der Waals surface area contributed by atoms with Crippen molar-refractivity contribution in [1.82, 2.24) is 0 Å². The van der Waals surface area contributed by atoms with Crippen LogP contribution in [0, 0.1) is 0 Å². The highest BCUT2D eigenvalue weighted by molar-refractivity contribution is 4.53. The minimum absolute atomic E-state index is 0.162. The highest BCUT2D eigenvalue weighted by Crippen LogP contribution is 1.98. The molecule has 0 aromatic heterocycles. The zero-order valence-electron chi connectivity index (χ0n) is 5.43. The summed E-state index contributed by atoms with van der Waals surface area (Å²) in [6.07, 6.45) is 2.51. The lowest BCUT2D eigenvalue weighted by Gasteiger charge is -2.04. The predicted molar refractivity (Wildman–Crippen MR) is 34.6 cm³/mol. The van der Waals surface area contributed by atoms with Gasteiger partial charge in [-0.05, 0) is 19.4 Å². The Balaban J connectivity index is 2.92. The van der Waals surface area contributed by atoms with Crippen LogP contribution in [0.25, 0.3) is 0 Å². The van der Waals surface area contributed by atoms with E-state index in [0.717, 1.165) is 19.3 Å². The largest absolute Gasteiger partial charge is 0.393 e. The van der Waals surface area contributed by atoms with Crippen LogP contribution in [0.15, 0.2) is 0 Å². The molecule has 0 unspecified atom stereocenters. The molecule has 0 radical (unpaired) electrons. The molecule has 0 heterocycles. The third kappa shape index (κ3) is 4.09. The third-order valence-corrected chi connectivity index (χ3v) is 1.12. The molecular weight excluding hydrogens is 102 g/mol. The van der Waals surface area contributed by atoms with Gasteiger partial charge in [0.25, 0.3) is 0 Å². The molecule has 2 nitrogen and oxygen atoms in total. The first-order valence-corrected chi connectivity index (χ1v) is 3.19. The van der Waals surface area contributed by atoms with E-state index >= 15 is 0 Å². The Morgan fingerprint density at radius 2 is 2.12 bits per heavy atom. The summed E-state index contributed by atoms with van der Waals surface area (Å²) in [5.41, 5.74) is 5.20. The van der Waals surface area contributed by atoms with Crippen molar-refractivity contribution in [1.29, 1.82) is 0 Å². The summed E-state index contributed by atoms with van der Waals surface area (Å²) >= 11 is 0. The van der Waals surface area contributed by atoms with Gasteiger partial charge in [0.1, 0.15) is 0 Å². The van der Waals surface area contributed by atoms with Crippen LogP contribution >= 0.6 is 0 Å². The molecule has 0 aromatic rings. The van der Waals surface area contributed by atoms with E-state index in [4.69, 9.17) is 10.8 Å². The number of aliphatic hydroxyl groups excluding tert-OH is 1. The second-order valence-electron chi connectivity index (χ2n) is 2.02. The quantitative estimate of drug-likeness (QED) is 0.563. The minimum Gasteiger partial charge on any atom is -0.393 e. The van der Waals surface area contributed by atoms with Crippen molar-refractivity contribution >= 4 is 0 Å². The van der Waals surface area contributed by atoms with E-state index in [1.807, 2.05) is 0 Å². The van der Waals surface area contributed by atoms with Gasteiger partial charge in [0.2, 0.25) is 0 Å². The summed E-state index contributed by atoms with van der Waals surface area (Å²) in [4.78, 5) is 0. The van der Waals surface area contributed by atoms with Gasteiger partial charge in [0.05, 0.1) is 6.10 Å². The first-order valence-electron chi connectivity index (χ1n) is 3.19. The first-order chi connectivity index (χ1) is 3.81. The summed E-state index contributed by atoms with van der Waals surface area (Å²) in [6, 6.07) is 0. The summed E-state index contributed by atoms with van der Waals surface area (Å²) < 4.78 is 0. The van der Waals surface area contributed by atoms with Crippen molar-refractivity contribution in [2.75, 3.05) is 6.54 Å². The molecule has 50 valence electrons. The smallest absolute Gasteiger partial charge is 0.0552 e. The van der Waals surface area contributed by atoms with Crippen LogP contribution in [-0.2, 0) is 0 Å². The fourth-order valence-corrected chi connectivity index (χ4v) is 0.670. The molecule has 0 aliphatic rings. The lowest BCUT2D eigenvalue weighted by atomic mass is 10.1. The predicted octanol–water partition coefficient (Wildman–Crippen LogP) is 0.496. The molecule has 0 amide bonds. The maximum absolute atomic E-state index is 8.97. The fourth-order valence-electron chi connectivity index (χ4n) is 0.670. The van der Waals surface area contributed by atoms with Gasteiger partial charge in [-0.15, -0.1) is 0 Å². The summed E-state index contributed by atoms with van der Waals surface area (Å²) in [7, 11) is 0. The first kappa shape index (κ1) is 7.92. The Morgan fingerprint density at radius 1 is 1.50 bits per heavy atom. The van der Waals surface area contributed by atoms with Crippen LogP contribution in [0.4, 0.5) is 0 Å². The van der Waals surface area contributed by atoms with Crippen LogP contribution in [-0.4, -0.2) is 17.8 Å². The van der Waals surface area contributed by atoms with Gasteiger partial charge in [-0.25, -0.2) is 0 Å². The van der Waals surface area contributed by atoms with Gasteiger partial charge in [-0.1, -0.05) is 13.3 Å². The van der Waals surface area contributed by atoms with E-state index in [-0.39, 0.29) is 6.10 Å². The Morgan fingerprint density at radius 3 is 2.50 bits per heavy atom. The molecule has 0 spiro atoms. The van der Waals surface area contributed by atoms with E-state index in [1.165, 1.54) is 0 Å². The lowest BCUT2D eigenvalue weighted by Crippen LogP contribution is -2.12. The third-order valence-electron chi connectivity index (χ3n) is 1.12. The van der Waals surface area contributed by atoms with Gasteiger partial charge in [0.15, 0.2) is 0 Å². The van der Waals surface area contributed by atoms with E-state index in [9.17, 15) is 0 Å². The topological polar surface area (TPSA) is 46.2 Å². The van der Waals surface area contributed by atoms with Gasteiger partial charge in [-0.2, -0.15) is 0 Å². The summed E-state index contributed by atoms with van der Waals surface area (Å²) in [6.45, 7) is 2.65. The Labute approximate surface area is 50.7 Å². The number of aliphatic hydroxyl groups is 1. The van der Waals surface area contributed by atoms with Crippen LogP contribution in [0.2, 0.25) is 0 Å². The van der Waals surface area contributed by atoms with Crippen molar-refractivity contribution in [3.05, 3.63) is 0 Å². The van der Waals surface area contributed by atoms with Crippen molar-refractivity contribution in [2.45, 2.75) is 32.3 Å². The summed E-state index contributed by atoms with van der Waals surface area (Å²) in [5.74, 6) is 0. The Bertz CT molecular complexity index is 41.8. The van der Waals surface area contributed by atoms with E-state index in [2.05, 4.69) is 6.92 Å². The molecule has 0 saturated carbocycles. The highest BCUT2D eigenvalue weighted by Gasteiger charge is 1.97. The molecule has 8 heavy (non-hydrogen) atoms. The zero-order chi connectivity index (χ0) is 6.41. The SMILES string of the molecule is CCC[C@@H](O)CCN. The van der Waals surface area contributed by atoms with Crippen molar-refractivity contribution < 1.29 is 5.11 Å². The van der Waals surface area contributed by atoms with E-state index < -0.39 is 0 Å². The molecule has 0 fully saturated rings. The monoisotopic (exact) mass is 117 g/mol. The van der Waals surface area contributed by atoms with Gasteiger partial charge in [0, 0.05) is 0 Å². The van der Waals surface area contributed by atoms with Crippen LogP contribution in [0.5, 0.6) is 0 Å². The van der Waals surface area contributed by atoms with Crippen LogP contribution < -0.4 is 5.73 Å². The average molecular weight is 117 g/mol. The molecule has 1 atom stereocenters. The molecule has 0 bridgehead atoms. The highest BCUT2D eigenvalue weighted by atomic mass is 16.3. The molecule has 0 saturated heterocycles. The van der Waals surface area contributed by atoms with Gasteiger partial charge >= 0.3 is 0 Å². The molecule has 0 aromatic carbocycles. The van der Waals surface area contributed by atoms with Crippen LogP contribution in [0.1, 0.15) is 26.2 Å². The number of rotatable bonds is 4. The molecule has 0 aliphatic carbocycles. The number of hydrogen-bond donors (Lipinski definition) is 2. The second kappa shape index (κ2) is 5.06. The Kier molecular flexibility index (Phi) is 5.01. The van der Waals surface area contributed by atoms with Crippen molar-refractivity contribution in [3.63, 3.8) is 0 Å². The van der Waals surface area contributed by atoms with E-state index in [0.29, 0.717) is 6.54 Å². The number of nitrogens with two attached hydrogens (primary N) is 1. The van der Waals surface area contributed by atoms with E-state index in [1.54, 1.807) is 0 Å². The molecule has 3 N–H and O–H groups in total. The minimum atomic E-state index is -0.162. The molecular formula is C6H15NO. The van der Waals surface area contributed by atoms with Crippen molar-refractivity contribution in [2.24, 2.45) is 5.73 Å². The van der Waals surface area contributed by atoms with Crippen molar-refractivity contribution in [3.8, 4) is 0 Å². The number of hydrogen-bond acceptors (Lipinski definition) is 2.